The van der Waals surface area contributed by atoms with Gasteiger partial charge in [0.05, 0.1) is 16.6 Å². The van der Waals surface area contributed by atoms with Gasteiger partial charge in [-0.2, -0.15) is 0 Å². The lowest BCUT2D eigenvalue weighted by Crippen LogP contribution is -2.33. The Bertz CT molecular complexity index is 1480. The van der Waals surface area contributed by atoms with Gasteiger partial charge in [-0.25, -0.2) is 15.0 Å². The van der Waals surface area contributed by atoms with Gasteiger partial charge >= 0.3 is 0 Å². The van der Waals surface area contributed by atoms with Crippen molar-refractivity contribution in [1.82, 2.24) is 24.4 Å². The van der Waals surface area contributed by atoms with Crippen molar-refractivity contribution in [1.29, 1.82) is 0 Å². The predicted octanol–water partition coefficient (Wildman–Crippen LogP) is 5.41. The Morgan fingerprint density at radius 1 is 0.971 bits per heavy atom. The van der Waals surface area contributed by atoms with E-state index < -0.39 is 0 Å². The molecule has 2 aromatic carbocycles. The molecule has 34 heavy (non-hydrogen) atoms. The Hall–Kier alpha value is -3.77. The van der Waals surface area contributed by atoms with Crippen LogP contribution in [0.4, 0.5) is 5.82 Å². The van der Waals surface area contributed by atoms with Crippen LogP contribution >= 0.6 is 0 Å². The van der Waals surface area contributed by atoms with Gasteiger partial charge in [0.15, 0.2) is 0 Å². The average molecular weight is 449 g/mol. The summed E-state index contributed by atoms with van der Waals surface area (Å²) in [6, 6.07) is 21.4. The van der Waals surface area contributed by atoms with Crippen molar-refractivity contribution in [3.8, 4) is 22.4 Å². The standard InChI is InChI=1S/C28H28N6/c1-33(2)15-18-12-22(13-18)34-16-23(26-27(29)30-17-31-28(26)34)21-9-8-20-10-11-24(32-25(20)14-21)19-6-4-3-5-7-19/h3-11,14,16-18,22H,12-13,15H2,1-2H3,(H2,29,30,31)/t18-,22-. The molecule has 0 spiro atoms. The first kappa shape index (κ1) is 20.8. The second-order valence-corrected chi connectivity index (χ2v) is 9.63. The lowest BCUT2D eigenvalue weighted by atomic mass is 9.80. The normalized spacial score (nSPS) is 18.0. The van der Waals surface area contributed by atoms with Crippen LogP contribution in [0.2, 0.25) is 0 Å². The number of hydrogen-bond donors (Lipinski definition) is 1. The molecule has 1 saturated carbocycles. The Balaban J connectivity index is 1.43. The maximum atomic E-state index is 6.39. The van der Waals surface area contributed by atoms with Crippen molar-refractivity contribution < 1.29 is 0 Å². The van der Waals surface area contributed by atoms with Crippen LogP contribution in [0.5, 0.6) is 0 Å². The second kappa shape index (κ2) is 8.22. The summed E-state index contributed by atoms with van der Waals surface area (Å²) in [7, 11) is 4.28. The predicted molar refractivity (Wildman–Crippen MR) is 138 cm³/mol. The van der Waals surface area contributed by atoms with Gasteiger partial charge < -0.3 is 15.2 Å². The molecule has 6 heteroatoms. The van der Waals surface area contributed by atoms with Crippen molar-refractivity contribution in [2.75, 3.05) is 26.4 Å². The number of hydrogen-bond acceptors (Lipinski definition) is 5. The summed E-state index contributed by atoms with van der Waals surface area (Å²) in [5.41, 5.74) is 12.5. The van der Waals surface area contributed by atoms with Crippen LogP contribution in [0, 0.1) is 5.92 Å². The molecule has 2 N–H and O–H groups in total. The topological polar surface area (TPSA) is 72.9 Å². The molecule has 6 rings (SSSR count). The number of fused-ring (bicyclic) bond motifs is 2. The number of pyridine rings is 1. The van der Waals surface area contributed by atoms with Crippen LogP contribution in [-0.4, -0.2) is 45.1 Å². The quantitative estimate of drug-likeness (QED) is 0.389. The van der Waals surface area contributed by atoms with Crippen molar-refractivity contribution in [2.45, 2.75) is 18.9 Å². The molecule has 0 saturated heterocycles. The van der Waals surface area contributed by atoms with Crippen molar-refractivity contribution in [3.63, 3.8) is 0 Å². The molecule has 1 aliphatic carbocycles. The van der Waals surface area contributed by atoms with E-state index >= 15 is 0 Å². The summed E-state index contributed by atoms with van der Waals surface area (Å²) in [5, 5.41) is 2.04. The number of nitrogens with two attached hydrogens (primary N) is 1. The molecule has 0 unspecified atom stereocenters. The highest BCUT2D eigenvalue weighted by Gasteiger charge is 2.32. The summed E-state index contributed by atoms with van der Waals surface area (Å²) in [6.45, 7) is 1.12. The molecule has 3 aromatic heterocycles. The first-order valence-electron chi connectivity index (χ1n) is 11.8. The Kier molecular flexibility index (Phi) is 5.03. The van der Waals surface area contributed by atoms with Crippen LogP contribution in [0.3, 0.4) is 0 Å². The summed E-state index contributed by atoms with van der Waals surface area (Å²) in [6.07, 6.45) is 6.10. The zero-order chi connectivity index (χ0) is 23.2. The highest BCUT2D eigenvalue weighted by molar-refractivity contribution is 6.02. The van der Waals surface area contributed by atoms with Crippen molar-refractivity contribution in [2.24, 2.45) is 5.92 Å². The van der Waals surface area contributed by atoms with Crippen molar-refractivity contribution in [3.05, 3.63) is 73.2 Å². The fourth-order valence-corrected chi connectivity index (χ4v) is 5.25. The second-order valence-electron chi connectivity index (χ2n) is 9.63. The van der Waals surface area contributed by atoms with Gasteiger partial charge in [0.1, 0.15) is 17.8 Å². The maximum Gasteiger partial charge on any atom is 0.146 e. The Labute approximate surface area is 199 Å². The Morgan fingerprint density at radius 2 is 1.76 bits per heavy atom. The first-order chi connectivity index (χ1) is 16.6. The fraction of sp³-hybridized carbons (Fsp3) is 0.250. The summed E-state index contributed by atoms with van der Waals surface area (Å²) < 4.78 is 2.31. The fourth-order valence-electron chi connectivity index (χ4n) is 5.25. The zero-order valence-electron chi connectivity index (χ0n) is 19.5. The van der Waals surface area contributed by atoms with Crippen LogP contribution in [0.25, 0.3) is 44.3 Å². The third-order valence-electron chi connectivity index (χ3n) is 6.94. The van der Waals surface area contributed by atoms with Crippen LogP contribution in [-0.2, 0) is 0 Å². The van der Waals surface area contributed by atoms with E-state index in [1.165, 1.54) is 0 Å². The minimum absolute atomic E-state index is 0.443. The van der Waals surface area contributed by atoms with Gasteiger partial charge in [0.25, 0.3) is 0 Å². The molecule has 0 radical (unpaired) electrons. The molecule has 0 bridgehead atoms. The lowest BCUT2D eigenvalue weighted by Gasteiger charge is -2.38. The molecule has 3 heterocycles. The molecule has 170 valence electrons. The molecule has 1 aliphatic rings. The van der Waals surface area contributed by atoms with E-state index in [2.05, 4.69) is 82.2 Å². The summed E-state index contributed by atoms with van der Waals surface area (Å²) in [4.78, 5) is 16.2. The largest absolute Gasteiger partial charge is 0.383 e. The van der Waals surface area contributed by atoms with Gasteiger partial charge in [-0.15, -0.1) is 0 Å². The van der Waals surface area contributed by atoms with E-state index in [4.69, 9.17) is 10.7 Å². The molecule has 0 amide bonds. The van der Waals surface area contributed by atoms with E-state index in [1.807, 2.05) is 18.2 Å². The summed E-state index contributed by atoms with van der Waals surface area (Å²) in [5.74, 6) is 1.25. The third-order valence-corrected chi connectivity index (χ3v) is 6.94. The molecule has 0 atom stereocenters. The molecular weight excluding hydrogens is 420 g/mol. The van der Waals surface area contributed by atoms with Crippen molar-refractivity contribution >= 4 is 27.8 Å². The SMILES string of the molecule is CN(C)C[C@H]1C[C@H](n2cc(-c3ccc4ccc(-c5ccccc5)nc4c3)c3c(N)ncnc32)C1. The number of nitrogens with zero attached hydrogens (tertiary/aromatic N) is 5. The first-order valence-corrected chi connectivity index (χ1v) is 11.8. The minimum Gasteiger partial charge on any atom is -0.383 e. The molecule has 6 nitrogen and oxygen atoms in total. The van der Waals surface area contributed by atoms with Gasteiger partial charge in [0, 0.05) is 35.3 Å². The lowest BCUT2D eigenvalue weighted by molar-refractivity contribution is 0.159. The summed E-state index contributed by atoms with van der Waals surface area (Å²) >= 11 is 0. The van der Waals surface area contributed by atoms with Crippen LogP contribution in [0.15, 0.2) is 73.2 Å². The van der Waals surface area contributed by atoms with E-state index in [0.717, 1.165) is 69.6 Å². The molecular formula is C28H28N6. The molecule has 0 aliphatic heterocycles. The average Bonchev–Trinajstić information content (AvgIpc) is 3.21. The van der Waals surface area contributed by atoms with Crippen LogP contribution in [0.1, 0.15) is 18.9 Å². The van der Waals surface area contributed by atoms with Gasteiger partial charge in [-0.3, -0.25) is 0 Å². The van der Waals surface area contributed by atoms with E-state index in [-0.39, 0.29) is 0 Å². The zero-order valence-corrected chi connectivity index (χ0v) is 19.5. The molecule has 1 fully saturated rings. The number of nitrogen functional groups attached to an aromatic ring is 1. The third kappa shape index (κ3) is 3.60. The highest BCUT2D eigenvalue weighted by atomic mass is 15.1. The van der Waals surface area contributed by atoms with E-state index in [0.29, 0.717) is 11.9 Å². The Morgan fingerprint density at radius 3 is 2.56 bits per heavy atom. The van der Waals surface area contributed by atoms with Gasteiger partial charge in [-0.1, -0.05) is 48.5 Å². The van der Waals surface area contributed by atoms with E-state index in [1.54, 1.807) is 6.33 Å². The highest BCUT2D eigenvalue weighted by Crippen LogP contribution is 2.43. The number of anilines is 1. The van der Waals surface area contributed by atoms with Gasteiger partial charge in [0.2, 0.25) is 0 Å². The molecule has 5 aromatic rings. The minimum atomic E-state index is 0.443. The monoisotopic (exact) mass is 448 g/mol. The van der Waals surface area contributed by atoms with Gasteiger partial charge in [-0.05, 0) is 50.6 Å². The maximum absolute atomic E-state index is 6.39. The van der Waals surface area contributed by atoms with E-state index in [9.17, 15) is 0 Å². The smallest absolute Gasteiger partial charge is 0.146 e. The number of aromatic nitrogens is 4. The number of benzene rings is 2. The number of rotatable bonds is 5. The van der Waals surface area contributed by atoms with Crippen LogP contribution < -0.4 is 5.73 Å².